The van der Waals surface area contributed by atoms with Gasteiger partial charge in [-0.25, -0.2) is 0 Å². The molecule has 0 fully saturated rings. The predicted octanol–water partition coefficient (Wildman–Crippen LogP) is 3.77. The monoisotopic (exact) mass is 372 g/mol. The molecule has 0 bridgehead atoms. The zero-order valence-corrected chi connectivity index (χ0v) is 15.5. The molecule has 0 spiro atoms. The van der Waals surface area contributed by atoms with Gasteiger partial charge < -0.3 is 14.5 Å². The number of aromatic amines is 1. The van der Waals surface area contributed by atoms with Crippen molar-refractivity contribution in [1.29, 1.82) is 0 Å². The van der Waals surface area contributed by atoms with Crippen LogP contribution in [0.1, 0.15) is 35.5 Å². The van der Waals surface area contributed by atoms with Crippen LogP contribution in [0.25, 0.3) is 10.9 Å². The number of aromatic nitrogens is 2. The van der Waals surface area contributed by atoms with Crippen molar-refractivity contribution in [2.75, 3.05) is 6.61 Å². The lowest BCUT2D eigenvalue weighted by Crippen LogP contribution is -2.14. The Bertz CT molecular complexity index is 900. The van der Waals surface area contributed by atoms with Gasteiger partial charge in [0.05, 0.1) is 18.0 Å². The van der Waals surface area contributed by atoms with Crippen LogP contribution in [-0.2, 0) is 16.0 Å². The number of nitrogens with one attached hydrogen (secondary N) is 1. The molecule has 0 amide bonds. The summed E-state index contributed by atoms with van der Waals surface area (Å²) in [5.74, 6) is 0.0576. The molecule has 0 radical (unpaired) electrons. The van der Waals surface area contributed by atoms with Gasteiger partial charge in [0.25, 0.3) is 0 Å². The van der Waals surface area contributed by atoms with Crippen LogP contribution >= 0.6 is 11.3 Å². The lowest BCUT2D eigenvalue weighted by molar-refractivity contribution is -0.142. The highest BCUT2D eigenvalue weighted by molar-refractivity contribution is 7.09. The van der Waals surface area contributed by atoms with Crippen LogP contribution in [0.5, 0.6) is 5.75 Å². The number of benzene rings is 1. The molecule has 1 aromatic carbocycles. The first-order valence-corrected chi connectivity index (χ1v) is 9.25. The topological polar surface area (TPSA) is 81.3 Å². The minimum absolute atomic E-state index is 0.0463. The van der Waals surface area contributed by atoms with E-state index in [1.165, 1.54) is 11.3 Å². The number of hydrogen-bond donors (Lipinski definition) is 1. The highest BCUT2D eigenvalue weighted by Gasteiger charge is 2.15. The number of carbonyl (C=O) groups excluding carboxylic acids is 2. The number of fused-ring (bicyclic) bond motifs is 1. The number of ether oxygens (including phenoxy) is 2. The van der Waals surface area contributed by atoms with Crippen LogP contribution in [0.15, 0.2) is 36.1 Å². The normalized spacial score (nSPS) is 11.0. The van der Waals surface area contributed by atoms with Crippen molar-refractivity contribution in [3.8, 4) is 5.75 Å². The summed E-state index contributed by atoms with van der Waals surface area (Å²) in [7, 11) is 0. The van der Waals surface area contributed by atoms with Gasteiger partial charge in [-0.15, -0.1) is 11.3 Å². The lowest BCUT2D eigenvalue weighted by Gasteiger charge is -2.09. The highest BCUT2D eigenvalue weighted by Crippen LogP contribution is 2.25. The van der Waals surface area contributed by atoms with Crippen LogP contribution < -0.4 is 4.74 Å². The van der Waals surface area contributed by atoms with Gasteiger partial charge in [0.2, 0.25) is 5.78 Å². The van der Waals surface area contributed by atoms with E-state index < -0.39 is 5.97 Å². The molecule has 0 aliphatic rings. The number of rotatable bonds is 8. The second kappa shape index (κ2) is 8.14. The number of esters is 1. The van der Waals surface area contributed by atoms with E-state index in [-0.39, 0.29) is 24.9 Å². The van der Waals surface area contributed by atoms with Gasteiger partial charge in [-0.3, -0.25) is 14.6 Å². The third-order valence-electron chi connectivity index (χ3n) is 3.75. The second-order valence-corrected chi connectivity index (χ2v) is 7.10. The third-order valence-corrected chi connectivity index (χ3v) is 4.59. The molecular formula is C19H20N2O4S. The maximum atomic E-state index is 12.4. The molecule has 2 heterocycles. The van der Waals surface area contributed by atoms with Gasteiger partial charge in [0.1, 0.15) is 5.75 Å². The molecule has 2 aromatic heterocycles. The molecule has 0 aliphatic carbocycles. The Morgan fingerprint density at radius 2 is 2.15 bits per heavy atom. The number of hydrogen-bond acceptors (Lipinski definition) is 6. The smallest absolute Gasteiger partial charge is 0.306 e. The third kappa shape index (κ3) is 4.49. The Morgan fingerprint density at radius 1 is 1.31 bits per heavy atom. The molecule has 3 rings (SSSR count). The van der Waals surface area contributed by atoms with E-state index in [0.29, 0.717) is 17.7 Å². The van der Waals surface area contributed by atoms with Crippen LogP contribution in [0.2, 0.25) is 0 Å². The number of H-pyrrole nitrogens is 1. The van der Waals surface area contributed by atoms with Crippen molar-refractivity contribution < 1.29 is 19.1 Å². The number of ketones is 1. The number of aryl methyl sites for hydroxylation is 1. The lowest BCUT2D eigenvalue weighted by atomic mass is 10.1. The van der Waals surface area contributed by atoms with Crippen LogP contribution in [0.4, 0.5) is 0 Å². The Hall–Kier alpha value is -2.67. The quantitative estimate of drug-likeness (QED) is 0.481. The zero-order chi connectivity index (χ0) is 18.5. The molecule has 3 aromatic rings. The molecule has 26 heavy (non-hydrogen) atoms. The Balaban J connectivity index is 1.61. The number of nitrogens with zero attached hydrogens (tertiary/aromatic N) is 1. The Kier molecular flexibility index (Phi) is 5.68. The highest BCUT2D eigenvalue weighted by atomic mass is 32.1. The van der Waals surface area contributed by atoms with Gasteiger partial charge in [-0.2, -0.15) is 0 Å². The fraction of sp³-hybridized carbons (Fsp3) is 0.316. The predicted molar refractivity (Wildman–Crippen MR) is 99.8 cm³/mol. The summed E-state index contributed by atoms with van der Waals surface area (Å²) >= 11 is 1.49. The van der Waals surface area contributed by atoms with Crippen molar-refractivity contribution >= 4 is 34.0 Å². The van der Waals surface area contributed by atoms with E-state index in [0.717, 1.165) is 15.8 Å². The summed E-state index contributed by atoms with van der Waals surface area (Å²) in [5, 5.41) is 0.758. The average molecular weight is 372 g/mol. The van der Waals surface area contributed by atoms with Crippen molar-refractivity contribution in [2.45, 2.75) is 32.8 Å². The van der Waals surface area contributed by atoms with Gasteiger partial charge >= 0.3 is 5.97 Å². The van der Waals surface area contributed by atoms with E-state index >= 15 is 0 Å². The van der Waals surface area contributed by atoms with Crippen LogP contribution in [0.3, 0.4) is 0 Å². The number of carbonyl (C=O) groups is 2. The van der Waals surface area contributed by atoms with Gasteiger partial charge in [-0.1, -0.05) is 0 Å². The first kappa shape index (κ1) is 18.1. The van der Waals surface area contributed by atoms with Crippen molar-refractivity contribution in [3.63, 3.8) is 0 Å². The van der Waals surface area contributed by atoms with Crippen LogP contribution in [-0.4, -0.2) is 34.4 Å². The molecule has 0 unspecified atom stereocenters. The number of Topliss-reactive ketones (excluding diaryl/α,β-unsaturated/α-hetero) is 1. The minimum Gasteiger partial charge on any atom is -0.491 e. The van der Waals surface area contributed by atoms with Crippen molar-refractivity contribution in [1.82, 2.24) is 9.97 Å². The maximum absolute atomic E-state index is 12.4. The molecule has 136 valence electrons. The zero-order valence-electron chi connectivity index (χ0n) is 14.7. The van der Waals surface area contributed by atoms with E-state index in [1.54, 1.807) is 17.9 Å². The van der Waals surface area contributed by atoms with E-state index in [9.17, 15) is 9.59 Å². The summed E-state index contributed by atoms with van der Waals surface area (Å²) in [6, 6.07) is 5.54. The van der Waals surface area contributed by atoms with E-state index in [2.05, 4.69) is 9.97 Å². The van der Waals surface area contributed by atoms with Crippen LogP contribution in [0, 0.1) is 0 Å². The SMILES string of the molecule is CC(C)Oc1ccc2[nH]cc(C(=O)COC(=O)CCc3cncs3)c2c1. The summed E-state index contributed by atoms with van der Waals surface area (Å²) in [5.41, 5.74) is 3.05. The summed E-state index contributed by atoms with van der Waals surface area (Å²) in [6.07, 6.45) is 4.21. The van der Waals surface area contributed by atoms with Gasteiger partial charge in [0, 0.05) is 33.7 Å². The molecule has 0 saturated carbocycles. The summed E-state index contributed by atoms with van der Waals surface area (Å²) in [6.45, 7) is 3.61. The standard InChI is InChI=1S/C19H20N2O4S/c1-12(2)25-13-3-5-17-15(7-13)16(9-21-17)18(22)10-24-19(23)6-4-14-8-20-11-26-14/h3,5,7-9,11-12,21H,4,6,10H2,1-2H3. The summed E-state index contributed by atoms with van der Waals surface area (Å²) in [4.78, 5) is 32.3. The molecular weight excluding hydrogens is 352 g/mol. The van der Waals surface area contributed by atoms with Gasteiger partial charge in [-0.05, 0) is 38.5 Å². The van der Waals surface area contributed by atoms with Gasteiger partial charge in [0.15, 0.2) is 6.61 Å². The molecule has 0 saturated heterocycles. The molecule has 0 aliphatic heterocycles. The second-order valence-electron chi connectivity index (χ2n) is 6.13. The average Bonchev–Trinajstić information content (AvgIpc) is 3.26. The Morgan fingerprint density at radius 3 is 2.88 bits per heavy atom. The van der Waals surface area contributed by atoms with Crippen molar-refractivity contribution in [3.05, 3.63) is 46.5 Å². The van der Waals surface area contributed by atoms with Crippen molar-refractivity contribution in [2.24, 2.45) is 0 Å². The summed E-state index contributed by atoms with van der Waals surface area (Å²) < 4.78 is 10.8. The Labute approximate surface area is 155 Å². The first-order chi connectivity index (χ1) is 12.5. The fourth-order valence-electron chi connectivity index (χ4n) is 2.56. The van der Waals surface area contributed by atoms with E-state index in [1.807, 2.05) is 32.0 Å². The molecule has 6 nitrogen and oxygen atoms in total. The number of thiazole rings is 1. The first-order valence-electron chi connectivity index (χ1n) is 8.37. The molecule has 1 N–H and O–H groups in total. The molecule has 7 heteroatoms. The largest absolute Gasteiger partial charge is 0.491 e. The minimum atomic E-state index is -0.393. The van der Waals surface area contributed by atoms with E-state index in [4.69, 9.17) is 9.47 Å². The fourth-order valence-corrected chi connectivity index (χ4v) is 3.16. The maximum Gasteiger partial charge on any atom is 0.306 e. The molecule has 0 atom stereocenters.